The van der Waals surface area contributed by atoms with Gasteiger partial charge in [-0.2, -0.15) is 0 Å². The summed E-state index contributed by atoms with van der Waals surface area (Å²) in [4.78, 5) is 0. The summed E-state index contributed by atoms with van der Waals surface area (Å²) in [6.45, 7) is 1.84. The van der Waals surface area contributed by atoms with Crippen molar-refractivity contribution < 1.29 is 22.1 Å². The average molecular weight is 446 g/mol. The van der Waals surface area contributed by atoms with E-state index in [2.05, 4.69) is 0 Å². The quantitative estimate of drug-likeness (QED) is 0.462. The van der Waals surface area contributed by atoms with Crippen LogP contribution < -0.4 is 4.74 Å². The normalized spacial score (nSPS) is 16.9. The molecule has 1 aliphatic heterocycles. The number of ether oxygens (including phenoxy) is 1. The van der Waals surface area contributed by atoms with Crippen molar-refractivity contribution in [1.82, 2.24) is 4.31 Å². The highest BCUT2D eigenvalue weighted by Crippen LogP contribution is 2.27. The summed E-state index contributed by atoms with van der Waals surface area (Å²) in [6.07, 6.45) is 2.08. The molecule has 3 nitrogen and oxygen atoms in total. The van der Waals surface area contributed by atoms with Crippen LogP contribution in [0, 0.1) is 17.5 Å². The summed E-state index contributed by atoms with van der Waals surface area (Å²) < 4.78 is 60.5. The van der Waals surface area contributed by atoms with E-state index in [1.165, 1.54) is 0 Å². The Balaban J connectivity index is 1.39. The standard InChI is InChI=1S/C24H22F3NO2S/c25-22-14-24(27)23(26)13-21(22)19-6-8-20(9-7-19)30-16-18-5-3-4-17(12-18)15-28-10-1-2-11-31(28)29/h3-9,12-14H,1-2,10-11,15-16H2. The lowest BCUT2D eigenvalue weighted by atomic mass is 10.0. The maximum absolute atomic E-state index is 14.0. The monoisotopic (exact) mass is 445 g/mol. The summed E-state index contributed by atoms with van der Waals surface area (Å²) in [5, 5.41) is 0. The molecule has 0 saturated carbocycles. The van der Waals surface area contributed by atoms with Crippen LogP contribution in [-0.4, -0.2) is 20.8 Å². The summed E-state index contributed by atoms with van der Waals surface area (Å²) in [5.41, 5.74) is 2.49. The number of hydrogen-bond acceptors (Lipinski definition) is 2. The fourth-order valence-electron chi connectivity index (χ4n) is 3.56. The van der Waals surface area contributed by atoms with Crippen molar-refractivity contribution in [2.45, 2.75) is 26.0 Å². The van der Waals surface area contributed by atoms with E-state index in [1.54, 1.807) is 24.3 Å². The van der Waals surface area contributed by atoms with Crippen molar-refractivity contribution in [2.24, 2.45) is 0 Å². The predicted molar refractivity (Wildman–Crippen MR) is 115 cm³/mol. The lowest BCUT2D eigenvalue weighted by Gasteiger charge is -2.25. The van der Waals surface area contributed by atoms with E-state index < -0.39 is 28.4 Å². The Morgan fingerprint density at radius 3 is 2.39 bits per heavy atom. The molecule has 1 fully saturated rings. The zero-order chi connectivity index (χ0) is 21.8. The Morgan fingerprint density at radius 1 is 0.871 bits per heavy atom. The van der Waals surface area contributed by atoms with Gasteiger partial charge in [-0.15, -0.1) is 0 Å². The minimum atomic E-state index is -1.21. The van der Waals surface area contributed by atoms with Gasteiger partial charge in [0.1, 0.15) is 18.2 Å². The summed E-state index contributed by atoms with van der Waals surface area (Å²) in [6, 6.07) is 15.9. The van der Waals surface area contributed by atoms with E-state index >= 15 is 0 Å². The van der Waals surface area contributed by atoms with Gasteiger partial charge >= 0.3 is 0 Å². The molecule has 0 aromatic heterocycles. The van der Waals surface area contributed by atoms with Crippen LogP contribution in [0.15, 0.2) is 60.7 Å². The first kappa shape index (κ1) is 21.6. The number of hydrogen-bond donors (Lipinski definition) is 0. The van der Waals surface area contributed by atoms with Gasteiger partial charge in [0, 0.05) is 30.5 Å². The van der Waals surface area contributed by atoms with Crippen LogP contribution in [0.4, 0.5) is 13.2 Å². The molecule has 4 rings (SSSR count). The molecular weight excluding hydrogens is 423 g/mol. The molecule has 0 spiro atoms. The van der Waals surface area contributed by atoms with Crippen LogP contribution in [-0.2, 0) is 24.1 Å². The van der Waals surface area contributed by atoms with Crippen molar-refractivity contribution in [3.63, 3.8) is 0 Å². The largest absolute Gasteiger partial charge is 0.489 e. The van der Waals surface area contributed by atoms with Gasteiger partial charge in [0.05, 0.1) is 11.0 Å². The van der Waals surface area contributed by atoms with Crippen LogP contribution in [0.5, 0.6) is 5.75 Å². The molecule has 1 heterocycles. The summed E-state index contributed by atoms with van der Waals surface area (Å²) in [5.74, 6) is -1.82. The first-order valence-electron chi connectivity index (χ1n) is 10.1. The average Bonchev–Trinajstić information content (AvgIpc) is 2.77. The van der Waals surface area contributed by atoms with E-state index in [9.17, 15) is 17.4 Å². The third kappa shape index (κ3) is 5.35. The summed E-state index contributed by atoms with van der Waals surface area (Å²) >= 11 is 0. The van der Waals surface area contributed by atoms with Crippen molar-refractivity contribution >= 4 is 11.0 Å². The molecule has 1 atom stereocenters. The highest BCUT2D eigenvalue weighted by molar-refractivity contribution is 7.82. The van der Waals surface area contributed by atoms with E-state index in [0.717, 1.165) is 42.3 Å². The molecule has 0 aliphatic carbocycles. The fourth-order valence-corrected chi connectivity index (χ4v) is 4.89. The Hall–Kier alpha value is -2.64. The smallest absolute Gasteiger partial charge is 0.161 e. The van der Waals surface area contributed by atoms with Crippen LogP contribution in [0.25, 0.3) is 11.1 Å². The molecule has 1 saturated heterocycles. The van der Waals surface area contributed by atoms with Crippen molar-refractivity contribution in [1.29, 1.82) is 0 Å². The van der Waals surface area contributed by atoms with Crippen molar-refractivity contribution in [2.75, 3.05) is 12.3 Å². The zero-order valence-electron chi connectivity index (χ0n) is 16.8. The fraction of sp³-hybridized carbons (Fsp3) is 0.250. The molecule has 7 heteroatoms. The highest BCUT2D eigenvalue weighted by atomic mass is 32.2. The number of rotatable bonds is 6. The van der Waals surface area contributed by atoms with E-state index in [0.29, 0.717) is 30.5 Å². The van der Waals surface area contributed by atoms with Gasteiger partial charge in [-0.05, 0) is 47.7 Å². The van der Waals surface area contributed by atoms with Crippen LogP contribution >= 0.6 is 0 Å². The van der Waals surface area contributed by atoms with Crippen molar-refractivity contribution in [3.8, 4) is 16.9 Å². The van der Waals surface area contributed by atoms with Crippen LogP contribution in [0.2, 0.25) is 0 Å². The molecule has 0 bridgehead atoms. The molecule has 162 valence electrons. The lowest BCUT2D eigenvalue weighted by molar-refractivity contribution is 0.306. The molecule has 0 amide bonds. The zero-order valence-corrected chi connectivity index (χ0v) is 17.6. The Kier molecular flexibility index (Phi) is 6.73. The second-order valence-corrected chi connectivity index (χ2v) is 9.04. The first-order valence-corrected chi connectivity index (χ1v) is 11.4. The van der Waals surface area contributed by atoms with Crippen LogP contribution in [0.3, 0.4) is 0 Å². The number of halogens is 3. The number of benzene rings is 3. The molecule has 31 heavy (non-hydrogen) atoms. The topological polar surface area (TPSA) is 29.5 Å². The third-order valence-corrected chi connectivity index (χ3v) is 6.72. The predicted octanol–water partition coefficient (Wildman–Crippen LogP) is 5.61. The molecule has 3 aromatic rings. The van der Waals surface area contributed by atoms with Gasteiger partial charge in [0.15, 0.2) is 11.6 Å². The number of nitrogens with zero attached hydrogens (tertiary/aromatic N) is 1. The maximum Gasteiger partial charge on any atom is 0.161 e. The SMILES string of the molecule is O=S1CCCCN1Cc1cccc(COc2ccc(-c3cc(F)c(F)cc3F)cc2)c1. The Bertz CT molecular complexity index is 1090. The van der Waals surface area contributed by atoms with E-state index in [1.807, 2.05) is 28.6 Å². The van der Waals surface area contributed by atoms with Crippen LogP contribution in [0.1, 0.15) is 24.0 Å². The van der Waals surface area contributed by atoms with Gasteiger partial charge in [-0.3, -0.25) is 0 Å². The van der Waals surface area contributed by atoms with Gasteiger partial charge in [-0.1, -0.05) is 36.4 Å². The first-order chi connectivity index (χ1) is 15.0. The minimum absolute atomic E-state index is 0.00625. The molecule has 1 unspecified atom stereocenters. The second-order valence-electron chi connectivity index (χ2n) is 7.48. The maximum atomic E-state index is 14.0. The molecular formula is C24H22F3NO2S. The van der Waals surface area contributed by atoms with Gasteiger partial charge < -0.3 is 4.74 Å². The second kappa shape index (κ2) is 9.66. The summed E-state index contributed by atoms with van der Waals surface area (Å²) in [7, 11) is -0.910. The third-order valence-electron chi connectivity index (χ3n) is 5.20. The molecule has 0 N–H and O–H groups in total. The van der Waals surface area contributed by atoms with E-state index in [4.69, 9.17) is 4.74 Å². The highest BCUT2D eigenvalue weighted by Gasteiger charge is 2.18. The van der Waals surface area contributed by atoms with E-state index in [-0.39, 0.29) is 5.56 Å². The Labute approximate surface area is 182 Å². The Morgan fingerprint density at radius 2 is 1.61 bits per heavy atom. The van der Waals surface area contributed by atoms with Gasteiger partial charge in [0.25, 0.3) is 0 Å². The lowest BCUT2D eigenvalue weighted by Crippen LogP contribution is -2.32. The molecule has 1 aliphatic rings. The molecule has 0 radical (unpaired) electrons. The van der Waals surface area contributed by atoms with Gasteiger partial charge in [-0.25, -0.2) is 21.7 Å². The minimum Gasteiger partial charge on any atom is -0.489 e. The van der Waals surface area contributed by atoms with Crippen molar-refractivity contribution in [3.05, 3.63) is 89.2 Å². The molecule has 3 aromatic carbocycles. The van der Waals surface area contributed by atoms with Gasteiger partial charge in [0.2, 0.25) is 0 Å².